The molecule has 5 rings (SSSR count). The summed E-state index contributed by atoms with van der Waals surface area (Å²) in [6.07, 6.45) is -4.60. The fourth-order valence-corrected chi connectivity index (χ4v) is 4.79. The molecule has 0 spiro atoms. The van der Waals surface area contributed by atoms with Crippen LogP contribution in [0.2, 0.25) is 0 Å². The predicted octanol–water partition coefficient (Wildman–Crippen LogP) is 6.42. The fourth-order valence-electron chi connectivity index (χ4n) is 3.06. The van der Waals surface area contributed by atoms with Gasteiger partial charge >= 0.3 is 12.2 Å². The van der Waals surface area contributed by atoms with E-state index in [2.05, 4.69) is 20.5 Å². The largest absolute Gasteiger partial charge is 0.417 e. The summed E-state index contributed by atoms with van der Waals surface area (Å²) in [6.45, 7) is 0. The van der Waals surface area contributed by atoms with Gasteiger partial charge in [-0.2, -0.15) is 13.2 Å². The molecule has 0 radical (unpaired) electrons. The molecule has 156 valence electrons. The van der Waals surface area contributed by atoms with Crippen LogP contribution in [-0.2, 0) is 6.18 Å². The average Bonchev–Trinajstić information content (AvgIpc) is 3.48. The van der Waals surface area contributed by atoms with Crippen LogP contribution in [0.5, 0.6) is 0 Å². The molecular weight excluding hydrogens is 447 g/mol. The summed E-state index contributed by atoms with van der Waals surface area (Å²) in [5.41, 5.74) is 6.15. The summed E-state index contributed by atoms with van der Waals surface area (Å²) in [5.74, 6) is 0.0183. The van der Waals surface area contributed by atoms with Crippen LogP contribution >= 0.6 is 22.7 Å². The van der Waals surface area contributed by atoms with Gasteiger partial charge in [0.2, 0.25) is 0 Å². The fraction of sp³-hybridized carbons (Fsp3) is 0.0500. The van der Waals surface area contributed by atoms with Gasteiger partial charge in [0.15, 0.2) is 0 Å². The molecule has 1 aromatic carbocycles. The standard InChI is InChI=1S/C20H12F3N5OS2/c21-20(22,23)11-9-12(13-7-4-8-30-13)26-18-14(11)15(24)16(31-18)17-27-28-19(29-17)25-10-5-2-1-3-6-10/h1-9H,24H2,(H,25,28). The van der Waals surface area contributed by atoms with Crippen LogP contribution in [0.3, 0.4) is 0 Å². The quantitative estimate of drug-likeness (QED) is 0.322. The number of pyridine rings is 1. The van der Waals surface area contributed by atoms with E-state index >= 15 is 0 Å². The lowest BCUT2D eigenvalue weighted by atomic mass is 10.1. The number of halogens is 3. The smallest absolute Gasteiger partial charge is 0.402 e. The van der Waals surface area contributed by atoms with Crippen LogP contribution in [-0.4, -0.2) is 15.2 Å². The molecule has 0 saturated carbocycles. The molecule has 0 unspecified atom stereocenters. The molecule has 0 bridgehead atoms. The molecule has 4 heterocycles. The Bertz CT molecular complexity index is 1360. The van der Waals surface area contributed by atoms with Gasteiger partial charge in [0, 0.05) is 11.1 Å². The molecule has 0 saturated heterocycles. The van der Waals surface area contributed by atoms with E-state index in [4.69, 9.17) is 10.2 Å². The number of rotatable bonds is 4. The number of fused-ring (bicyclic) bond motifs is 1. The maximum absolute atomic E-state index is 13.8. The van der Waals surface area contributed by atoms with Crippen LogP contribution in [0.1, 0.15) is 5.56 Å². The first-order valence-corrected chi connectivity index (χ1v) is 10.6. The van der Waals surface area contributed by atoms with Gasteiger partial charge in [0.1, 0.15) is 9.71 Å². The Morgan fingerprint density at radius 2 is 1.84 bits per heavy atom. The van der Waals surface area contributed by atoms with Crippen molar-refractivity contribution in [1.29, 1.82) is 0 Å². The molecule has 31 heavy (non-hydrogen) atoms. The van der Waals surface area contributed by atoms with Crippen LogP contribution in [0.15, 0.2) is 58.3 Å². The Morgan fingerprint density at radius 3 is 2.55 bits per heavy atom. The zero-order valence-electron chi connectivity index (χ0n) is 15.5. The number of nitrogens with zero attached hydrogens (tertiary/aromatic N) is 3. The van der Waals surface area contributed by atoms with Gasteiger partial charge in [-0.1, -0.05) is 29.4 Å². The number of thiophene rings is 2. The number of benzene rings is 1. The molecular formula is C20H12F3N5OS2. The summed E-state index contributed by atoms with van der Waals surface area (Å²) in [4.78, 5) is 5.44. The van der Waals surface area contributed by atoms with Gasteiger partial charge in [0.25, 0.3) is 5.89 Å². The molecule has 0 amide bonds. The molecule has 11 heteroatoms. The van der Waals surface area contributed by atoms with Crippen molar-refractivity contribution in [2.45, 2.75) is 6.18 Å². The zero-order valence-corrected chi connectivity index (χ0v) is 17.1. The maximum atomic E-state index is 13.8. The van der Waals surface area contributed by atoms with Crippen LogP contribution in [0.4, 0.5) is 30.6 Å². The second-order valence-corrected chi connectivity index (χ2v) is 8.41. The van der Waals surface area contributed by atoms with Crippen molar-refractivity contribution in [3.05, 3.63) is 59.5 Å². The molecule has 3 N–H and O–H groups in total. The van der Waals surface area contributed by atoms with Crippen molar-refractivity contribution in [3.63, 3.8) is 0 Å². The molecule has 0 aliphatic rings. The number of hydrogen-bond acceptors (Lipinski definition) is 8. The van der Waals surface area contributed by atoms with E-state index in [1.807, 2.05) is 30.3 Å². The number of aromatic nitrogens is 3. The summed E-state index contributed by atoms with van der Waals surface area (Å²) in [5, 5.41) is 12.4. The van der Waals surface area contributed by atoms with Gasteiger partial charge in [-0.3, -0.25) is 0 Å². The van der Waals surface area contributed by atoms with E-state index in [1.165, 1.54) is 11.3 Å². The van der Waals surface area contributed by atoms with Crippen LogP contribution in [0.25, 0.3) is 31.6 Å². The van der Waals surface area contributed by atoms with Gasteiger partial charge in [-0.15, -0.1) is 27.8 Å². The van der Waals surface area contributed by atoms with Gasteiger partial charge in [-0.25, -0.2) is 4.98 Å². The minimum absolute atomic E-state index is 0.0183. The monoisotopic (exact) mass is 459 g/mol. The molecule has 5 aromatic rings. The van der Waals surface area contributed by atoms with Crippen molar-refractivity contribution in [3.8, 4) is 21.3 Å². The van der Waals surface area contributed by atoms with Crippen molar-refractivity contribution in [2.24, 2.45) is 0 Å². The Kier molecular flexibility index (Phi) is 4.63. The zero-order chi connectivity index (χ0) is 21.6. The molecule has 0 aliphatic heterocycles. The van der Waals surface area contributed by atoms with E-state index < -0.39 is 11.7 Å². The summed E-state index contributed by atoms with van der Waals surface area (Å²) in [6, 6.07) is 13.7. The first kappa shape index (κ1) is 19.5. The predicted molar refractivity (Wildman–Crippen MR) is 115 cm³/mol. The highest BCUT2D eigenvalue weighted by Gasteiger charge is 2.36. The third-order valence-electron chi connectivity index (χ3n) is 4.42. The summed E-state index contributed by atoms with van der Waals surface area (Å²) >= 11 is 2.29. The van der Waals surface area contributed by atoms with Crippen molar-refractivity contribution >= 4 is 50.3 Å². The number of nitrogens with one attached hydrogen (secondary N) is 1. The SMILES string of the molecule is Nc1c(-c2nnc(Nc3ccccc3)o2)sc2nc(-c3cccs3)cc(C(F)(F)F)c12. The van der Waals surface area contributed by atoms with Crippen molar-refractivity contribution < 1.29 is 17.6 Å². The Labute approximate surface area is 181 Å². The lowest BCUT2D eigenvalue weighted by Crippen LogP contribution is -2.07. The molecule has 0 aliphatic carbocycles. The summed E-state index contributed by atoms with van der Waals surface area (Å²) < 4.78 is 47.1. The highest BCUT2D eigenvalue weighted by molar-refractivity contribution is 7.22. The first-order chi connectivity index (χ1) is 14.9. The third-order valence-corrected chi connectivity index (χ3v) is 6.40. The average molecular weight is 459 g/mol. The second-order valence-electron chi connectivity index (χ2n) is 6.46. The van der Waals surface area contributed by atoms with E-state index in [9.17, 15) is 13.2 Å². The van der Waals surface area contributed by atoms with Crippen molar-refractivity contribution in [2.75, 3.05) is 11.1 Å². The first-order valence-electron chi connectivity index (χ1n) is 8.90. The third kappa shape index (κ3) is 3.62. The van der Waals surface area contributed by atoms with E-state index in [0.717, 1.165) is 23.1 Å². The Morgan fingerprint density at radius 1 is 1.03 bits per heavy atom. The lowest BCUT2D eigenvalue weighted by Gasteiger charge is -2.10. The van der Waals surface area contributed by atoms with E-state index in [1.54, 1.807) is 17.5 Å². The summed E-state index contributed by atoms with van der Waals surface area (Å²) in [7, 11) is 0. The normalized spacial score (nSPS) is 11.8. The van der Waals surface area contributed by atoms with Gasteiger partial charge in [0.05, 0.1) is 21.8 Å². The maximum Gasteiger partial charge on any atom is 0.417 e. The topological polar surface area (TPSA) is 89.9 Å². The van der Waals surface area contributed by atoms with Crippen LogP contribution in [0, 0.1) is 0 Å². The second kappa shape index (κ2) is 7.36. The minimum atomic E-state index is -4.60. The molecule has 0 fully saturated rings. The minimum Gasteiger partial charge on any atom is -0.402 e. The van der Waals surface area contributed by atoms with E-state index in [0.29, 0.717) is 4.88 Å². The lowest BCUT2D eigenvalue weighted by molar-refractivity contribution is -0.136. The number of hydrogen-bond donors (Lipinski definition) is 2. The molecule has 0 atom stereocenters. The number of nitrogen functional groups attached to an aromatic ring is 1. The highest BCUT2D eigenvalue weighted by atomic mass is 32.1. The Balaban J connectivity index is 1.61. The highest BCUT2D eigenvalue weighted by Crippen LogP contribution is 2.47. The van der Waals surface area contributed by atoms with Gasteiger partial charge < -0.3 is 15.5 Å². The van der Waals surface area contributed by atoms with Crippen LogP contribution < -0.4 is 11.1 Å². The number of alkyl halides is 3. The Hall–Kier alpha value is -3.44. The number of nitrogens with two attached hydrogens (primary N) is 1. The van der Waals surface area contributed by atoms with E-state index in [-0.39, 0.29) is 38.4 Å². The molecule has 6 nitrogen and oxygen atoms in total. The van der Waals surface area contributed by atoms with Gasteiger partial charge in [-0.05, 0) is 29.6 Å². The number of anilines is 3. The molecule has 4 aromatic heterocycles. The number of para-hydroxylation sites is 1. The van der Waals surface area contributed by atoms with Crippen molar-refractivity contribution in [1.82, 2.24) is 15.2 Å².